The van der Waals surface area contributed by atoms with Gasteiger partial charge in [-0.25, -0.2) is 4.98 Å². The minimum Gasteiger partial charge on any atom is -0.382 e. The van der Waals surface area contributed by atoms with Crippen LogP contribution in [0, 0.1) is 5.92 Å². The molecule has 0 spiro atoms. The molecule has 1 rings (SSSR count). The Morgan fingerprint density at radius 2 is 2.10 bits per heavy atom. The van der Waals surface area contributed by atoms with Gasteiger partial charge >= 0.3 is 6.18 Å². The Morgan fingerprint density at radius 1 is 1.48 bits per heavy atom. The number of rotatable bonds is 6. The zero-order chi connectivity index (χ0) is 16.2. The third-order valence-electron chi connectivity index (χ3n) is 2.55. The van der Waals surface area contributed by atoms with Crippen molar-refractivity contribution in [3.05, 3.63) is 4.88 Å². The van der Waals surface area contributed by atoms with Gasteiger partial charge in [0.25, 0.3) is 5.91 Å². The van der Waals surface area contributed by atoms with Gasteiger partial charge in [-0.05, 0) is 12.8 Å². The molecule has 0 unspecified atom stereocenters. The fourth-order valence-corrected chi connectivity index (χ4v) is 2.40. The molecule has 1 aromatic heterocycles. The molecule has 0 saturated carbocycles. The monoisotopic (exact) mass is 324 g/mol. The molecule has 9 heteroatoms. The summed E-state index contributed by atoms with van der Waals surface area (Å²) in [6.45, 7) is 4.77. The normalized spacial score (nSPS) is 11.8. The number of thiazole rings is 1. The Morgan fingerprint density at radius 3 is 2.57 bits per heavy atom. The van der Waals surface area contributed by atoms with Gasteiger partial charge in [-0.3, -0.25) is 4.79 Å². The predicted octanol–water partition coefficient (Wildman–Crippen LogP) is 2.82. The number of halogens is 3. The highest BCUT2D eigenvalue weighted by Gasteiger charge is 2.33. The second-order valence-electron chi connectivity index (χ2n) is 4.94. The third kappa shape index (κ3) is 5.41. The topological polar surface area (TPSA) is 71.2 Å². The average Bonchev–Trinajstić information content (AvgIpc) is 2.73. The van der Waals surface area contributed by atoms with Crippen molar-refractivity contribution in [2.75, 3.05) is 30.7 Å². The molecule has 5 nitrogen and oxygen atoms in total. The molecular weight excluding hydrogens is 305 g/mol. The van der Waals surface area contributed by atoms with Gasteiger partial charge in [-0.2, -0.15) is 13.2 Å². The molecule has 0 aromatic carbocycles. The van der Waals surface area contributed by atoms with Gasteiger partial charge in [0.1, 0.15) is 17.2 Å². The van der Waals surface area contributed by atoms with E-state index in [1.54, 1.807) is 0 Å². The van der Waals surface area contributed by atoms with Crippen molar-refractivity contribution >= 4 is 28.2 Å². The van der Waals surface area contributed by atoms with E-state index in [-0.39, 0.29) is 17.2 Å². The van der Waals surface area contributed by atoms with E-state index in [0.717, 1.165) is 11.3 Å². The van der Waals surface area contributed by atoms with Crippen LogP contribution in [-0.2, 0) is 0 Å². The summed E-state index contributed by atoms with van der Waals surface area (Å²) >= 11 is 0.974. The summed E-state index contributed by atoms with van der Waals surface area (Å²) in [6.07, 6.45) is -4.44. The average molecular weight is 324 g/mol. The number of anilines is 2. The Labute approximate surface area is 125 Å². The second-order valence-corrected chi connectivity index (χ2v) is 5.94. The summed E-state index contributed by atoms with van der Waals surface area (Å²) < 4.78 is 37.3. The number of hydrogen-bond acceptors (Lipinski definition) is 5. The molecule has 0 atom stereocenters. The van der Waals surface area contributed by atoms with Crippen LogP contribution in [-0.4, -0.2) is 41.6 Å². The predicted molar refractivity (Wildman–Crippen MR) is 77.5 cm³/mol. The summed E-state index contributed by atoms with van der Waals surface area (Å²) in [5.74, 6) is -0.425. The quantitative estimate of drug-likeness (QED) is 0.844. The van der Waals surface area contributed by atoms with Gasteiger partial charge in [-0.1, -0.05) is 25.2 Å². The van der Waals surface area contributed by atoms with E-state index in [4.69, 9.17) is 5.73 Å². The van der Waals surface area contributed by atoms with Gasteiger partial charge < -0.3 is 16.0 Å². The van der Waals surface area contributed by atoms with Crippen LogP contribution in [0.2, 0.25) is 0 Å². The first-order valence-electron chi connectivity index (χ1n) is 6.50. The number of nitrogens with zero attached hydrogens (tertiary/aromatic N) is 2. The second kappa shape index (κ2) is 6.97. The summed E-state index contributed by atoms with van der Waals surface area (Å²) in [5.41, 5.74) is 5.64. The maximum absolute atomic E-state index is 12.4. The smallest absolute Gasteiger partial charge is 0.382 e. The summed E-state index contributed by atoms with van der Waals surface area (Å²) in [4.78, 5) is 16.8. The molecule has 1 aromatic rings. The SMILES string of the molecule is CCN(CC(F)(F)F)C(=O)c1sc(NCC(C)C)nc1N. The Hall–Kier alpha value is -1.51. The zero-order valence-corrected chi connectivity index (χ0v) is 12.9. The van der Waals surface area contributed by atoms with Crippen LogP contribution in [0.1, 0.15) is 30.4 Å². The van der Waals surface area contributed by atoms with E-state index in [0.29, 0.717) is 22.5 Å². The van der Waals surface area contributed by atoms with E-state index < -0.39 is 18.6 Å². The first-order valence-corrected chi connectivity index (χ1v) is 7.31. The van der Waals surface area contributed by atoms with Crippen molar-refractivity contribution in [3.8, 4) is 0 Å². The summed E-state index contributed by atoms with van der Waals surface area (Å²) in [7, 11) is 0. The number of hydrogen-bond donors (Lipinski definition) is 2. The molecule has 1 heterocycles. The van der Waals surface area contributed by atoms with Gasteiger partial charge in [0.2, 0.25) is 0 Å². The van der Waals surface area contributed by atoms with E-state index in [1.165, 1.54) is 6.92 Å². The van der Waals surface area contributed by atoms with Crippen LogP contribution in [0.5, 0.6) is 0 Å². The molecule has 0 aliphatic carbocycles. The number of carbonyl (C=O) groups excluding carboxylic acids is 1. The molecule has 0 radical (unpaired) electrons. The fourth-order valence-electron chi connectivity index (χ4n) is 1.54. The lowest BCUT2D eigenvalue weighted by Gasteiger charge is -2.21. The molecule has 0 bridgehead atoms. The lowest BCUT2D eigenvalue weighted by Crippen LogP contribution is -2.38. The highest BCUT2D eigenvalue weighted by Crippen LogP contribution is 2.27. The zero-order valence-electron chi connectivity index (χ0n) is 12.1. The molecule has 0 aliphatic rings. The van der Waals surface area contributed by atoms with E-state index in [9.17, 15) is 18.0 Å². The number of amides is 1. The molecule has 1 amide bonds. The van der Waals surface area contributed by atoms with Crippen LogP contribution in [0.4, 0.5) is 24.1 Å². The molecular formula is C12H19F3N4OS. The van der Waals surface area contributed by atoms with Gasteiger partial charge in [0.05, 0.1) is 0 Å². The molecule has 0 aliphatic heterocycles. The van der Waals surface area contributed by atoms with E-state index >= 15 is 0 Å². The van der Waals surface area contributed by atoms with Crippen LogP contribution < -0.4 is 11.1 Å². The number of carbonyl (C=O) groups is 1. The van der Waals surface area contributed by atoms with Crippen molar-refractivity contribution in [1.82, 2.24) is 9.88 Å². The molecule has 120 valence electrons. The lowest BCUT2D eigenvalue weighted by atomic mass is 10.2. The van der Waals surface area contributed by atoms with Crippen molar-refractivity contribution in [2.24, 2.45) is 5.92 Å². The van der Waals surface area contributed by atoms with E-state index in [1.807, 2.05) is 13.8 Å². The summed E-state index contributed by atoms with van der Waals surface area (Å²) in [5, 5.41) is 3.44. The minimum absolute atomic E-state index is 0.0346. The number of nitrogens with two attached hydrogens (primary N) is 1. The third-order valence-corrected chi connectivity index (χ3v) is 3.57. The number of alkyl halides is 3. The van der Waals surface area contributed by atoms with Gasteiger partial charge in [-0.15, -0.1) is 0 Å². The van der Waals surface area contributed by atoms with Crippen molar-refractivity contribution in [3.63, 3.8) is 0 Å². The Bertz CT molecular complexity index is 487. The minimum atomic E-state index is -4.44. The first-order chi connectivity index (χ1) is 9.64. The molecule has 0 saturated heterocycles. The van der Waals surface area contributed by atoms with Gasteiger partial charge in [0.15, 0.2) is 5.13 Å². The van der Waals surface area contributed by atoms with Crippen LogP contribution in [0.15, 0.2) is 0 Å². The highest BCUT2D eigenvalue weighted by atomic mass is 32.1. The van der Waals surface area contributed by atoms with Crippen molar-refractivity contribution in [1.29, 1.82) is 0 Å². The lowest BCUT2D eigenvalue weighted by molar-refractivity contribution is -0.140. The van der Waals surface area contributed by atoms with Crippen LogP contribution >= 0.6 is 11.3 Å². The number of nitrogen functional groups attached to an aromatic ring is 1. The number of aromatic nitrogens is 1. The van der Waals surface area contributed by atoms with Crippen molar-refractivity contribution in [2.45, 2.75) is 26.9 Å². The Kier molecular flexibility index (Phi) is 5.82. The largest absolute Gasteiger partial charge is 0.406 e. The highest BCUT2D eigenvalue weighted by molar-refractivity contribution is 7.18. The van der Waals surface area contributed by atoms with Crippen LogP contribution in [0.25, 0.3) is 0 Å². The maximum Gasteiger partial charge on any atom is 0.406 e. The van der Waals surface area contributed by atoms with Crippen LogP contribution in [0.3, 0.4) is 0 Å². The van der Waals surface area contributed by atoms with E-state index in [2.05, 4.69) is 10.3 Å². The van der Waals surface area contributed by atoms with Crippen molar-refractivity contribution < 1.29 is 18.0 Å². The first kappa shape index (κ1) is 17.5. The Balaban J connectivity index is 2.85. The molecule has 21 heavy (non-hydrogen) atoms. The molecule has 0 fully saturated rings. The maximum atomic E-state index is 12.4. The standard InChI is InChI=1S/C12H19F3N4OS/c1-4-19(6-12(13,14)15)10(20)8-9(16)18-11(21-8)17-5-7(2)3/h7H,4-6,16H2,1-3H3,(H,17,18). The summed E-state index contributed by atoms with van der Waals surface area (Å²) in [6, 6.07) is 0. The molecule has 3 N–H and O–H groups in total. The number of nitrogens with one attached hydrogen (secondary N) is 1. The van der Waals surface area contributed by atoms with Gasteiger partial charge in [0, 0.05) is 13.1 Å². The fraction of sp³-hybridized carbons (Fsp3) is 0.667.